The molecule has 2 aliphatic heterocycles. The molecule has 5 rings (SSSR count). The summed E-state index contributed by atoms with van der Waals surface area (Å²) in [5.41, 5.74) is 6.01. The number of hydrogen-bond acceptors (Lipinski definition) is 8. The molecule has 1 N–H and O–H groups in total. The highest BCUT2D eigenvalue weighted by molar-refractivity contribution is 5.87. The van der Waals surface area contributed by atoms with Crippen molar-refractivity contribution in [2.45, 2.75) is 58.9 Å². The zero-order valence-electron chi connectivity index (χ0n) is 23.9. The van der Waals surface area contributed by atoms with Crippen molar-refractivity contribution in [3.63, 3.8) is 0 Å². The number of likely N-dealkylation sites (tertiary alicyclic amines) is 1. The number of benzene rings is 2. The Hall–Kier alpha value is -2.96. The van der Waals surface area contributed by atoms with Crippen molar-refractivity contribution in [3.8, 4) is 6.07 Å². The van der Waals surface area contributed by atoms with Crippen molar-refractivity contribution in [2.75, 3.05) is 51.8 Å². The number of rotatable bonds is 10. The van der Waals surface area contributed by atoms with Gasteiger partial charge in [0.05, 0.1) is 30.5 Å². The van der Waals surface area contributed by atoms with Gasteiger partial charge in [-0.2, -0.15) is 5.26 Å². The number of anilines is 1. The first-order valence-electron chi connectivity index (χ1n) is 14.3. The smallest absolute Gasteiger partial charge is 0.173 e. The topological polar surface area (TPSA) is 86.8 Å². The quantitative estimate of drug-likeness (QED) is 0.385. The normalized spacial score (nSPS) is 16.7. The van der Waals surface area contributed by atoms with E-state index >= 15 is 0 Å². The largest absolute Gasteiger partial charge is 0.370 e. The van der Waals surface area contributed by atoms with Crippen LogP contribution in [0, 0.1) is 17.2 Å². The van der Waals surface area contributed by atoms with Gasteiger partial charge in [-0.15, -0.1) is 0 Å². The number of fused-ring (bicyclic) bond motifs is 1. The SMILES string of the molecule is CC.CNCc1c(N(C)Cc2ccc(C#N)cc2)ccc2c(CCC3CCN(CC4OCCO4)CC3)noc12. The lowest BCUT2D eigenvalue weighted by molar-refractivity contribution is -0.0661. The predicted molar refractivity (Wildman–Crippen MR) is 155 cm³/mol. The van der Waals surface area contributed by atoms with Gasteiger partial charge in [-0.25, -0.2) is 0 Å². The van der Waals surface area contributed by atoms with Crippen molar-refractivity contribution in [3.05, 3.63) is 58.8 Å². The monoisotopic (exact) mass is 533 g/mol. The third kappa shape index (κ3) is 7.37. The molecule has 8 heteroatoms. The fraction of sp³-hybridized carbons (Fsp3) is 0.548. The van der Waals surface area contributed by atoms with Crippen molar-refractivity contribution >= 4 is 16.7 Å². The van der Waals surface area contributed by atoms with Crippen LogP contribution in [0.5, 0.6) is 0 Å². The second-order valence-electron chi connectivity index (χ2n) is 10.2. The van der Waals surface area contributed by atoms with Gasteiger partial charge >= 0.3 is 0 Å². The molecule has 0 spiro atoms. The molecule has 2 aliphatic rings. The molecule has 2 aromatic carbocycles. The summed E-state index contributed by atoms with van der Waals surface area (Å²) in [7, 11) is 4.05. The highest BCUT2D eigenvalue weighted by Crippen LogP contribution is 2.33. The predicted octanol–water partition coefficient (Wildman–Crippen LogP) is 5.10. The van der Waals surface area contributed by atoms with Gasteiger partial charge < -0.3 is 24.2 Å². The van der Waals surface area contributed by atoms with Crippen LogP contribution in [0.25, 0.3) is 11.0 Å². The number of aryl methyl sites for hydroxylation is 1. The molecule has 39 heavy (non-hydrogen) atoms. The van der Waals surface area contributed by atoms with Crippen LogP contribution in [0.4, 0.5) is 5.69 Å². The molecule has 1 aromatic heterocycles. The van der Waals surface area contributed by atoms with E-state index in [0.29, 0.717) is 18.0 Å². The summed E-state index contributed by atoms with van der Waals surface area (Å²) in [6.45, 7) is 9.98. The molecular weight excluding hydrogens is 490 g/mol. The van der Waals surface area contributed by atoms with Crippen LogP contribution in [-0.2, 0) is 29.0 Å². The standard InChI is InChI=1S/C29H37N5O3.C2H6/c1-31-18-25-27(33(2)19-23-5-3-22(17-30)4-6-23)10-8-24-26(32-37-29(24)25)9-7-21-11-13-34(14-12-21)20-28-35-15-16-36-28;1-2/h3-6,8,10,21,28,31H,7,9,11-16,18-20H2,1-2H3;1-2H3. The summed E-state index contributed by atoms with van der Waals surface area (Å²) in [5, 5.41) is 18.0. The summed E-state index contributed by atoms with van der Waals surface area (Å²) >= 11 is 0. The summed E-state index contributed by atoms with van der Waals surface area (Å²) in [6, 6.07) is 14.3. The van der Waals surface area contributed by atoms with Gasteiger partial charge in [-0.3, -0.25) is 4.90 Å². The van der Waals surface area contributed by atoms with Crippen LogP contribution in [0.1, 0.15) is 55.5 Å². The minimum absolute atomic E-state index is 0.0436. The van der Waals surface area contributed by atoms with E-state index in [2.05, 4.69) is 45.5 Å². The fourth-order valence-electron chi connectivity index (χ4n) is 5.55. The highest BCUT2D eigenvalue weighted by Gasteiger charge is 2.25. The maximum Gasteiger partial charge on any atom is 0.173 e. The van der Waals surface area contributed by atoms with Crippen LogP contribution >= 0.6 is 0 Å². The van der Waals surface area contributed by atoms with Crippen molar-refractivity contribution in [1.29, 1.82) is 5.26 Å². The lowest BCUT2D eigenvalue weighted by atomic mass is 9.91. The molecule has 0 unspecified atom stereocenters. The van der Waals surface area contributed by atoms with E-state index in [1.54, 1.807) is 0 Å². The Morgan fingerprint density at radius 1 is 1.08 bits per heavy atom. The van der Waals surface area contributed by atoms with Crippen LogP contribution < -0.4 is 10.2 Å². The second kappa shape index (κ2) is 14.4. The van der Waals surface area contributed by atoms with Crippen LogP contribution in [0.15, 0.2) is 40.9 Å². The molecule has 0 aliphatic carbocycles. The van der Waals surface area contributed by atoms with E-state index in [1.807, 2.05) is 45.2 Å². The lowest BCUT2D eigenvalue weighted by Crippen LogP contribution is -2.39. The van der Waals surface area contributed by atoms with Crippen LogP contribution in [-0.4, -0.2) is 63.3 Å². The van der Waals surface area contributed by atoms with Gasteiger partial charge in [-0.1, -0.05) is 31.1 Å². The molecule has 0 amide bonds. The van der Waals surface area contributed by atoms with Crippen LogP contribution in [0.2, 0.25) is 0 Å². The van der Waals surface area contributed by atoms with E-state index in [-0.39, 0.29) is 6.29 Å². The van der Waals surface area contributed by atoms with Crippen molar-refractivity contribution in [2.24, 2.45) is 5.92 Å². The van der Waals surface area contributed by atoms with Crippen LogP contribution in [0.3, 0.4) is 0 Å². The third-order valence-corrected chi connectivity index (χ3v) is 7.66. The lowest BCUT2D eigenvalue weighted by Gasteiger charge is -2.32. The molecule has 2 saturated heterocycles. The van der Waals surface area contributed by atoms with Gasteiger partial charge in [0, 0.05) is 43.3 Å². The molecule has 0 bridgehead atoms. The van der Waals surface area contributed by atoms with E-state index in [4.69, 9.17) is 19.3 Å². The van der Waals surface area contributed by atoms with E-state index < -0.39 is 0 Å². The first-order valence-corrected chi connectivity index (χ1v) is 14.3. The second-order valence-corrected chi connectivity index (χ2v) is 10.2. The Bertz CT molecular complexity index is 1210. The molecule has 0 radical (unpaired) electrons. The van der Waals surface area contributed by atoms with Crippen molar-refractivity contribution < 1.29 is 14.0 Å². The number of piperidine rings is 1. The number of hydrogen-bond donors (Lipinski definition) is 1. The number of aromatic nitrogens is 1. The molecule has 0 atom stereocenters. The number of nitrogens with one attached hydrogen (secondary N) is 1. The Kier molecular flexibility index (Phi) is 10.7. The van der Waals surface area contributed by atoms with Gasteiger partial charge in [0.15, 0.2) is 11.9 Å². The maximum absolute atomic E-state index is 9.06. The van der Waals surface area contributed by atoms with Gasteiger partial charge in [-0.05, 0) is 81.6 Å². The van der Waals surface area contributed by atoms with Crippen molar-refractivity contribution in [1.82, 2.24) is 15.4 Å². The zero-order chi connectivity index (χ0) is 27.6. The van der Waals surface area contributed by atoms with Gasteiger partial charge in [0.25, 0.3) is 0 Å². The van der Waals surface area contributed by atoms with Gasteiger partial charge in [0.2, 0.25) is 0 Å². The number of ether oxygens (including phenoxy) is 2. The summed E-state index contributed by atoms with van der Waals surface area (Å²) in [4.78, 5) is 4.70. The fourth-order valence-corrected chi connectivity index (χ4v) is 5.55. The molecule has 210 valence electrons. The average Bonchev–Trinajstić information content (AvgIpc) is 3.64. The Morgan fingerprint density at radius 2 is 1.79 bits per heavy atom. The molecule has 2 fully saturated rings. The molecular formula is C31H43N5O3. The minimum Gasteiger partial charge on any atom is -0.370 e. The third-order valence-electron chi connectivity index (χ3n) is 7.66. The summed E-state index contributed by atoms with van der Waals surface area (Å²) in [6.07, 6.45) is 4.44. The number of nitrogens with zero attached hydrogens (tertiary/aromatic N) is 4. The molecule has 3 heterocycles. The minimum atomic E-state index is -0.0436. The Balaban J connectivity index is 0.00000172. The molecule has 8 nitrogen and oxygen atoms in total. The average molecular weight is 534 g/mol. The summed E-state index contributed by atoms with van der Waals surface area (Å²) < 4.78 is 17.2. The highest BCUT2D eigenvalue weighted by atomic mass is 16.7. The zero-order valence-corrected chi connectivity index (χ0v) is 23.9. The van der Waals surface area contributed by atoms with Gasteiger partial charge in [0.1, 0.15) is 0 Å². The molecule has 3 aromatic rings. The first kappa shape index (κ1) is 29.0. The molecule has 0 saturated carbocycles. The van der Waals surface area contributed by atoms with E-state index in [0.717, 1.165) is 85.7 Å². The first-order chi connectivity index (χ1) is 19.1. The number of nitriles is 1. The Labute approximate surface area is 232 Å². The maximum atomic E-state index is 9.06. The van der Waals surface area contributed by atoms with E-state index in [1.165, 1.54) is 12.8 Å². The van der Waals surface area contributed by atoms with E-state index in [9.17, 15) is 0 Å². The Morgan fingerprint density at radius 3 is 2.46 bits per heavy atom. The summed E-state index contributed by atoms with van der Waals surface area (Å²) in [5.74, 6) is 0.711.